The van der Waals surface area contributed by atoms with Crippen LogP contribution in [0.1, 0.15) is 30.5 Å². The number of pyridine rings is 1. The second-order valence-electron chi connectivity index (χ2n) is 4.95. The third-order valence-corrected chi connectivity index (χ3v) is 4.58. The highest BCUT2D eigenvalue weighted by Gasteiger charge is 2.20. The zero-order chi connectivity index (χ0) is 13.1. The van der Waals surface area contributed by atoms with E-state index in [1.807, 2.05) is 19.1 Å². The fourth-order valence-electron chi connectivity index (χ4n) is 2.20. The van der Waals surface area contributed by atoms with Gasteiger partial charge in [-0.25, -0.2) is 0 Å². The maximum Gasteiger partial charge on any atom is 0.148 e. The van der Waals surface area contributed by atoms with Crippen LogP contribution >= 0.6 is 22.6 Å². The van der Waals surface area contributed by atoms with Gasteiger partial charge in [0.1, 0.15) is 6.23 Å². The van der Waals surface area contributed by atoms with Gasteiger partial charge in [0.05, 0.1) is 11.4 Å². The summed E-state index contributed by atoms with van der Waals surface area (Å²) in [6, 6.07) is 4.27. The number of nitrogens with zero attached hydrogens (tertiary/aromatic N) is 2. The molecular weight excluding hydrogens is 341 g/mol. The fourth-order valence-corrected chi connectivity index (χ4v) is 2.50. The quantitative estimate of drug-likeness (QED) is 0.635. The van der Waals surface area contributed by atoms with E-state index >= 15 is 0 Å². The molecule has 1 fully saturated rings. The first-order chi connectivity index (χ1) is 8.56. The van der Waals surface area contributed by atoms with Gasteiger partial charge < -0.3 is 10.0 Å². The monoisotopic (exact) mass is 361 g/mol. The Kier molecular flexibility index (Phi) is 4.94. The van der Waals surface area contributed by atoms with Crippen molar-refractivity contribution in [1.29, 1.82) is 0 Å². The molecule has 1 aromatic heterocycles. The van der Waals surface area contributed by atoms with Crippen LogP contribution in [0.4, 0.5) is 0 Å². The second kappa shape index (κ2) is 6.27. The van der Waals surface area contributed by atoms with Gasteiger partial charge in [-0.05, 0) is 74.6 Å². The van der Waals surface area contributed by atoms with Gasteiger partial charge in [-0.3, -0.25) is 10.3 Å². The molecule has 2 N–H and O–H groups in total. The van der Waals surface area contributed by atoms with Crippen molar-refractivity contribution in [3.05, 3.63) is 27.1 Å². The lowest BCUT2D eigenvalue weighted by molar-refractivity contribution is 0.1000. The molecule has 0 spiro atoms. The van der Waals surface area contributed by atoms with Gasteiger partial charge >= 0.3 is 0 Å². The number of aryl methyl sites for hydroxylation is 1. The molecule has 1 unspecified atom stereocenters. The molecular formula is C13H20IN3O. The predicted octanol–water partition coefficient (Wildman–Crippen LogP) is 1.67. The minimum absolute atomic E-state index is 0.387. The molecule has 1 aromatic rings. The van der Waals surface area contributed by atoms with E-state index in [1.54, 1.807) is 0 Å². The minimum Gasteiger partial charge on any atom is -0.373 e. The summed E-state index contributed by atoms with van der Waals surface area (Å²) in [6.07, 6.45) is 1.50. The Hall–Kier alpha value is -0.240. The predicted molar refractivity (Wildman–Crippen MR) is 80.3 cm³/mol. The lowest BCUT2D eigenvalue weighted by Gasteiger charge is -2.31. The molecule has 0 radical (unpaired) electrons. The first-order valence-corrected chi connectivity index (χ1v) is 7.40. The van der Waals surface area contributed by atoms with E-state index in [1.165, 1.54) is 0 Å². The highest BCUT2D eigenvalue weighted by molar-refractivity contribution is 14.1. The first-order valence-electron chi connectivity index (χ1n) is 6.32. The van der Waals surface area contributed by atoms with Gasteiger partial charge in [0, 0.05) is 9.61 Å². The normalized spacial score (nSPS) is 20.0. The minimum atomic E-state index is -0.658. The summed E-state index contributed by atoms with van der Waals surface area (Å²) in [5.74, 6) is 0. The molecule has 18 heavy (non-hydrogen) atoms. The SMILES string of the molecule is Cc1nc(C(O)NC2CCN(C)CC2)ccc1I. The third-order valence-electron chi connectivity index (χ3n) is 3.44. The number of piperidine rings is 1. The summed E-state index contributed by atoms with van der Waals surface area (Å²) < 4.78 is 1.13. The highest BCUT2D eigenvalue weighted by atomic mass is 127. The van der Waals surface area contributed by atoms with Crippen LogP contribution in [-0.2, 0) is 0 Å². The van der Waals surface area contributed by atoms with Crippen molar-refractivity contribution in [3.63, 3.8) is 0 Å². The Balaban J connectivity index is 1.94. The van der Waals surface area contributed by atoms with Gasteiger partial charge in [-0.2, -0.15) is 0 Å². The molecule has 0 saturated carbocycles. The van der Waals surface area contributed by atoms with Crippen LogP contribution in [0.2, 0.25) is 0 Å². The molecule has 1 aliphatic heterocycles. The van der Waals surface area contributed by atoms with Crippen LogP contribution in [0.3, 0.4) is 0 Å². The Morgan fingerprint density at radius 1 is 1.44 bits per heavy atom. The number of aliphatic hydroxyl groups excluding tert-OH is 1. The van der Waals surface area contributed by atoms with Gasteiger partial charge in [0.25, 0.3) is 0 Å². The van der Waals surface area contributed by atoms with Crippen molar-refractivity contribution in [3.8, 4) is 0 Å². The summed E-state index contributed by atoms with van der Waals surface area (Å²) in [5.41, 5.74) is 1.68. The zero-order valence-electron chi connectivity index (χ0n) is 10.9. The molecule has 1 aliphatic rings. The van der Waals surface area contributed by atoms with Gasteiger partial charge in [-0.1, -0.05) is 0 Å². The van der Waals surface area contributed by atoms with Crippen molar-refractivity contribution in [1.82, 2.24) is 15.2 Å². The number of hydrogen-bond donors (Lipinski definition) is 2. The van der Waals surface area contributed by atoms with Crippen LogP contribution in [0.5, 0.6) is 0 Å². The number of likely N-dealkylation sites (tertiary alicyclic amines) is 1. The Labute approximate surface area is 122 Å². The zero-order valence-corrected chi connectivity index (χ0v) is 13.0. The first kappa shape index (κ1) is 14.2. The summed E-state index contributed by atoms with van der Waals surface area (Å²) in [7, 11) is 2.14. The molecule has 0 bridgehead atoms. The molecule has 2 heterocycles. The molecule has 4 nitrogen and oxygen atoms in total. The van der Waals surface area contributed by atoms with E-state index in [0.717, 1.165) is 35.2 Å². The number of nitrogens with one attached hydrogen (secondary N) is 1. The topological polar surface area (TPSA) is 48.4 Å². The van der Waals surface area contributed by atoms with Crippen molar-refractivity contribution in [2.24, 2.45) is 0 Å². The third kappa shape index (κ3) is 3.63. The lowest BCUT2D eigenvalue weighted by Crippen LogP contribution is -2.42. The van der Waals surface area contributed by atoms with E-state index in [9.17, 15) is 5.11 Å². The molecule has 0 aromatic carbocycles. The van der Waals surface area contributed by atoms with Crippen molar-refractivity contribution in [2.45, 2.75) is 32.0 Å². The van der Waals surface area contributed by atoms with E-state index < -0.39 is 6.23 Å². The van der Waals surface area contributed by atoms with Crippen LogP contribution in [-0.4, -0.2) is 41.2 Å². The second-order valence-corrected chi connectivity index (χ2v) is 6.11. The van der Waals surface area contributed by atoms with Crippen LogP contribution in [0.25, 0.3) is 0 Å². The molecule has 100 valence electrons. The van der Waals surface area contributed by atoms with Crippen molar-refractivity contribution in [2.75, 3.05) is 20.1 Å². The van der Waals surface area contributed by atoms with Crippen molar-refractivity contribution >= 4 is 22.6 Å². The summed E-state index contributed by atoms with van der Waals surface area (Å²) >= 11 is 2.25. The van der Waals surface area contributed by atoms with E-state index in [0.29, 0.717) is 11.7 Å². The Bertz CT molecular complexity index is 405. The largest absolute Gasteiger partial charge is 0.373 e. The number of aromatic nitrogens is 1. The molecule has 0 amide bonds. The number of halogens is 1. The smallest absolute Gasteiger partial charge is 0.148 e. The van der Waals surface area contributed by atoms with Crippen molar-refractivity contribution < 1.29 is 5.11 Å². The fraction of sp³-hybridized carbons (Fsp3) is 0.615. The van der Waals surface area contributed by atoms with Crippen LogP contribution in [0.15, 0.2) is 12.1 Å². The van der Waals surface area contributed by atoms with E-state index in [-0.39, 0.29) is 0 Å². The Morgan fingerprint density at radius 3 is 2.72 bits per heavy atom. The van der Waals surface area contributed by atoms with E-state index in [4.69, 9.17) is 0 Å². The standard InChI is InChI=1S/C13H20IN3O/c1-9-11(14)3-4-12(15-9)13(18)16-10-5-7-17(2)8-6-10/h3-4,10,13,16,18H,5-8H2,1-2H3. The molecule has 5 heteroatoms. The summed E-state index contributed by atoms with van der Waals surface area (Å²) in [6.45, 7) is 4.14. The number of hydrogen-bond acceptors (Lipinski definition) is 4. The van der Waals surface area contributed by atoms with Gasteiger partial charge in [0.15, 0.2) is 0 Å². The highest BCUT2D eigenvalue weighted by Crippen LogP contribution is 2.16. The van der Waals surface area contributed by atoms with E-state index in [2.05, 4.69) is 44.8 Å². The maximum atomic E-state index is 10.2. The molecule has 1 atom stereocenters. The van der Waals surface area contributed by atoms with Gasteiger partial charge in [0.2, 0.25) is 0 Å². The maximum absolute atomic E-state index is 10.2. The molecule has 0 aliphatic carbocycles. The lowest BCUT2D eigenvalue weighted by atomic mass is 10.1. The van der Waals surface area contributed by atoms with Gasteiger partial charge in [-0.15, -0.1) is 0 Å². The molecule has 2 rings (SSSR count). The van der Waals surface area contributed by atoms with Crippen LogP contribution < -0.4 is 5.32 Å². The average molecular weight is 361 g/mol. The number of aliphatic hydroxyl groups is 1. The summed E-state index contributed by atoms with van der Waals surface area (Å²) in [4.78, 5) is 6.74. The average Bonchev–Trinajstić information content (AvgIpc) is 2.35. The molecule has 1 saturated heterocycles. The van der Waals surface area contributed by atoms with Crippen LogP contribution in [0, 0.1) is 10.5 Å². The summed E-state index contributed by atoms with van der Waals surface area (Å²) in [5, 5.41) is 13.4. The Morgan fingerprint density at radius 2 is 2.11 bits per heavy atom. The number of rotatable bonds is 3.